The van der Waals surface area contributed by atoms with Crippen molar-refractivity contribution < 1.29 is 19.4 Å². The van der Waals surface area contributed by atoms with Crippen LogP contribution in [0.5, 0.6) is 0 Å². The molecule has 0 spiro atoms. The van der Waals surface area contributed by atoms with Crippen molar-refractivity contribution >= 4 is 29.2 Å². The van der Waals surface area contributed by atoms with Gasteiger partial charge in [0.15, 0.2) is 0 Å². The Morgan fingerprint density at radius 3 is 2.67 bits per heavy atom. The fraction of sp³-hybridized carbons (Fsp3) is 0.333. The van der Waals surface area contributed by atoms with Gasteiger partial charge in [-0.15, -0.1) is 0 Å². The molecular weight excluding hydrogens is 258 g/mol. The number of carbonyl (C=O) groups excluding carboxylic acids is 1. The summed E-state index contributed by atoms with van der Waals surface area (Å²) < 4.78 is 5.11. The zero-order valence-electron chi connectivity index (χ0n) is 10.1. The predicted molar refractivity (Wildman–Crippen MR) is 68.1 cm³/mol. The molecule has 0 aromatic heterocycles. The van der Waals surface area contributed by atoms with Gasteiger partial charge in [0, 0.05) is 0 Å². The molecule has 0 radical (unpaired) electrons. The van der Waals surface area contributed by atoms with Crippen LogP contribution < -0.4 is 5.32 Å². The molecule has 98 valence electrons. The van der Waals surface area contributed by atoms with Crippen molar-refractivity contribution in [2.45, 2.75) is 20.0 Å². The van der Waals surface area contributed by atoms with Crippen molar-refractivity contribution in [2.75, 3.05) is 11.9 Å². The standard InChI is InChI=1S/C12H14ClNO4/c1-7(2)18-6-10(15)14-11-8(12(16)17)4-3-5-9(11)13/h3-5,7H,6H2,1-2H3,(H,14,15)(H,16,17). The second-order valence-corrected chi connectivity index (χ2v) is 4.28. The van der Waals surface area contributed by atoms with Crippen molar-refractivity contribution in [3.63, 3.8) is 0 Å². The molecule has 18 heavy (non-hydrogen) atoms. The highest BCUT2D eigenvalue weighted by atomic mass is 35.5. The van der Waals surface area contributed by atoms with E-state index < -0.39 is 11.9 Å². The van der Waals surface area contributed by atoms with Gasteiger partial charge < -0.3 is 15.2 Å². The van der Waals surface area contributed by atoms with Gasteiger partial charge >= 0.3 is 5.97 Å². The molecule has 1 aromatic rings. The number of ether oxygens (including phenoxy) is 1. The predicted octanol–water partition coefficient (Wildman–Crippen LogP) is 2.40. The maximum Gasteiger partial charge on any atom is 0.337 e. The smallest absolute Gasteiger partial charge is 0.337 e. The molecule has 2 N–H and O–H groups in total. The van der Waals surface area contributed by atoms with Crippen molar-refractivity contribution in [3.05, 3.63) is 28.8 Å². The number of nitrogens with one attached hydrogen (secondary N) is 1. The summed E-state index contributed by atoms with van der Waals surface area (Å²) in [4.78, 5) is 22.5. The molecule has 0 heterocycles. The Hall–Kier alpha value is -1.59. The molecule has 0 aliphatic carbocycles. The lowest BCUT2D eigenvalue weighted by Crippen LogP contribution is -2.22. The largest absolute Gasteiger partial charge is 0.478 e. The maximum absolute atomic E-state index is 11.6. The topological polar surface area (TPSA) is 75.6 Å². The van der Waals surface area contributed by atoms with E-state index in [9.17, 15) is 9.59 Å². The number of carbonyl (C=O) groups is 2. The van der Waals surface area contributed by atoms with Crippen molar-refractivity contribution in [3.8, 4) is 0 Å². The number of benzene rings is 1. The molecule has 1 rings (SSSR count). The van der Waals surface area contributed by atoms with Gasteiger partial charge in [-0.1, -0.05) is 17.7 Å². The van der Waals surface area contributed by atoms with E-state index in [1.807, 2.05) is 0 Å². The monoisotopic (exact) mass is 271 g/mol. The highest BCUT2D eigenvalue weighted by molar-refractivity contribution is 6.34. The van der Waals surface area contributed by atoms with E-state index in [1.54, 1.807) is 13.8 Å². The van der Waals surface area contributed by atoms with Crippen LogP contribution in [-0.2, 0) is 9.53 Å². The van der Waals surface area contributed by atoms with Gasteiger partial charge in [0.05, 0.1) is 22.4 Å². The number of anilines is 1. The van der Waals surface area contributed by atoms with Crippen LogP contribution in [0.3, 0.4) is 0 Å². The minimum atomic E-state index is -1.16. The van der Waals surface area contributed by atoms with Crippen LogP contribution in [0, 0.1) is 0 Å². The summed E-state index contributed by atoms with van der Waals surface area (Å²) in [5, 5.41) is 11.6. The van der Waals surface area contributed by atoms with Crippen LogP contribution in [0.4, 0.5) is 5.69 Å². The molecule has 0 atom stereocenters. The van der Waals surface area contributed by atoms with Crippen LogP contribution in [0.1, 0.15) is 24.2 Å². The average molecular weight is 272 g/mol. The summed E-state index contributed by atoms with van der Waals surface area (Å²) in [6, 6.07) is 4.38. The molecular formula is C12H14ClNO4. The molecule has 0 unspecified atom stereocenters. The second-order valence-electron chi connectivity index (χ2n) is 3.88. The van der Waals surface area contributed by atoms with Gasteiger partial charge in [0.25, 0.3) is 0 Å². The fourth-order valence-corrected chi connectivity index (χ4v) is 1.47. The molecule has 0 aliphatic heterocycles. The summed E-state index contributed by atoms with van der Waals surface area (Å²) >= 11 is 5.86. The van der Waals surface area contributed by atoms with Gasteiger partial charge in [0.2, 0.25) is 5.91 Å². The minimum Gasteiger partial charge on any atom is -0.478 e. The van der Waals surface area contributed by atoms with E-state index in [0.717, 1.165) is 0 Å². The van der Waals surface area contributed by atoms with E-state index in [-0.39, 0.29) is 29.0 Å². The van der Waals surface area contributed by atoms with Gasteiger partial charge in [-0.25, -0.2) is 4.79 Å². The quantitative estimate of drug-likeness (QED) is 0.862. The number of amides is 1. The van der Waals surface area contributed by atoms with Gasteiger partial charge in [-0.05, 0) is 26.0 Å². The first-order valence-electron chi connectivity index (χ1n) is 5.35. The lowest BCUT2D eigenvalue weighted by molar-refractivity contribution is -0.121. The fourth-order valence-electron chi connectivity index (χ4n) is 1.25. The molecule has 0 bridgehead atoms. The SMILES string of the molecule is CC(C)OCC(=O)Nc1c(Cl)cccc1C(=O)O. The molecule has 6 heteroatoms. The Bertz CT molecular complexity index is 459. The second kappa shape index (κ2) is 6.37. The molecule has 0 saturated heterocycles. The van der Waals surface area contributed by atoms with E-state index in [2.05, 4.69) is 5.32 Å². The van der Waals surface area contributed by atoms with Crippen LogP contribution in [0.25, 0.3) is 0 Å². The first kappa shape index (κ1) is 14.5. The number of hydrogen-bond donors (Lipinski definition) is 2. The van der Waals surface area contributed by atoms with Crippen LogP contribution in [0.15, 0.2) is 18.2 Å². The molecule has 0 fully saturated rings. The zero-order chi connectivity index (χ0) is 13.7. The Balaban J connectivity index is 2.83. The molecule has 5 nitrogen and oxygen atoms in total. The third-order valence-corrected chi connectivity index (χ3v) is 2.37. The summed E-state index contributed by atoms with van der Waals surface area (Å²) in [5.41, 5.74) is 0.0319. The van der Waals surface area contributed by atoms with E-state index in [4.69, 9.17) is 21.4 Å². The number of aromatic carboxylic acids is 1. The van der Waals surface area contributed by atoms with E-state index in [1.165, 1.54) is 18.2 Å². The third-order valence-electron chi connectivity index (χ3n) is 2.06. The van der Waals surface area contributed by atoms with E-state index >= 15 is 0 Å². The molecule has 0 saturated carbocycles. The summed E-state index contributed by atoms with van der Waals surface area (Å²) in [6.07, 6.45) is -0.0825. The number of para-hydroxylation sites is 1. The minimum absolute atomic E-state index is 0.0552. The number of hydrogen-bond acceptors (Lipinski definition) is 3. The normalized spacial score (nSPS) is 10.4. The number of halogens is 1. The van der Waals surface area contributed by atoms with Crippen LogP contribution >= 0.6 is 11.6 Å². The van der Waals surface area contributed by atoms with E-state index in [0.29, 0.717) is 0 Å². The average Bonchev–Trinajstić information content (AvgIpc) is 2.28. The highest BCUT2D eigenvalue weighted by Gasteiger charge is 2.15. The summed E-state index contributed by atoms with van der Waals surface area (Å²) in [6.45, 7) is 3.44. The number of rotatable bonds is 5. The third kappa shape index (κ3) is 4.01. The Labute approximate surface area is 110 Å². The lowest BCUT2D eigenvalue weighted by Gasteiger charge is -2.11. The molecule has 0 aliphatic rings. The first-order valence-corrected chi connectivity index (χ1v) is 5.73. The Morgan fingerprint density at radius 1 is 1.44 bits per heavy atom. The van der Waals surface area contributed by atoms with Crippen molar-refractivity contribution in [1.29, 1.82) is 0 Å². The summed E-state index contributed by atoms with van der Waals surface area (Å²) in [5.74, 6) is -1.60. The van der Waals surface area contributed by atoms with Gasteiger partial charge in [-0.2, -0.15) is 0 Å². The number of carboxylic acids is 1. The Morgan fingerprint density at radius 2 is 2.11 bits per heavy atom. The van der Waals surface area contributed by atoms with Gasteiger partial charge in [0.1, 0.15) is 6.61 Å². The van der Waals surface area contributed by atoms with Crippen molar-refractivity contribution in [2.24, 2.45) is 0 Å². The molecule has 1 aromatic carbocycles. The van der Waals surface area contributed by atoms with Gasteiger partial charge in [-0.3, -0.25) is 4.79 Å². The summed E-state index contributed by atoms with van der Waals surface area (Å²) in [7, 11) is 0. The van der Waals surface area contributed by atoms with Crippen molar-refractivity contribution in [1.82, 2.24) is 0 Å². The lowest BCUT2D eigenvalue weighted by atomic mass is 10.2. The maximum atomic E-state index is 11.6. The van der Waals surface area contributed by atoms with Crippen LogP contribution in [0.2, 0.25) is 5.02 Å². The highest BCUT2D eigenvalue weighted by Crippen LogP contribution is 2.25. The number of carboxylic acid groups (broad SMARTS) is 1. The zero-order valence-corrected chi connectivity index (χ0v) is 10.8. The Kier molecular flexibility index (Phi) is 5.12. The van der Waals surface area contributed by atoms with Crippen LogP contribution in [-0.4, -0.2) is 29.7 Å². The molecule has 1 amide bonds. The first-order chi connectivity index (χ1) is 8.41.